The van der Waals surface area contributed by atoms with Gasteiger partial charge in [0.05, 0.1) is 5.88 Å². The smallest absolute Gasteiger partial charge is 0.244 e. The predicted molar refractivity (Wildman–Crippen MR) is 83.6 cm³/mol. The summed E-state index contributed by atoms with van der Waals surface area (Å²) in [5.74, 6) is 0.318. The lowest BCUT2D eigenvalue weighted by molar-refractivity contribution is 0.311. The summed E-state index contributed by atoms with van der Waals surface area (Å²) in [6.45, 7) is 9.37. The minimum Gasteiger partial charge on any atom is -0.349 e. The first kappa shape index (κ1) is 17.5. The zero-order valence-corrected chi connectivity index (χ0v) is 14.6. The van der Waals surface area contributed by atoms with Gasteiger partial charge in [0.1, 0.15) is 4.90 Å². The number of halogens is 1. The minimum absolute atomic E-state index is 0.0802. The van der Waals surface area contributed by atoms with E-state index in [0.717, 1.165) is 18.7 Å². The fourth-order valence-electron chi connectivity index (χ4n) is 2.16. The molecular formula is C14H25ClN2O2S. The second-order valence-electron chi connectivity index (χ2n) is 6.32. The van der Waals surface area contributed by atoms with Gasteiger partial charge in [0.25, 0.3) is 0 Å². The van der Waals surface area contributed by atoms with Crippen molar-refractivity contribution in [3.8, 4) is 0 Å². The third-order valence-electron chi connectivity index (χ3n) is 2.97. The van der Waals surface area contributed by atoms with Crippen molar-refractivity contribution in [1.29, 1.82) is 0 Å². The third kappa shape index (κ3) is 4.24. The molecule has 1 heterocycles. The fraction of sp³-hybridized carbons (Fsp3) is 0.714. The second-order valence-corrected chi connectivity index (χ2v) is 8.63. The summed E-state index contributed by atoms with van der Waals surface area (Å²) in [5.41, 5.74) is 0.764. The van der Waals surface area contributed by atoms with E-state index >= 15 is 0 Å². The second kappa shape index (κ2) is 6.50. The van der Waals surface area contributed by atoms with E-state index in [9.17, 15) is 8.42 Å². The number of alkyl halides is 1. The molecule has 1 aromatic rings. The van der Waals surface area contributed by atoms with Crippen LogP contribution in [-0.2, 0) is 22.4 Å². The minimum atomic E-state index is -3.45. The van der Waals surface area contributed by atoms with Gasteiger partial charge in [-0.3, -0.25) is 0 Å². The van der Waals surface area contributed by atoms with Gasteiger partial charge in [-0.25, -0.2) is 12.7 Å². The summed E-state index contributed by atoms with van der Waals surface area (Å²) < 4.78 is 28.5. The number of aryl methyl sites for hydroxylation is 1. The number of hydrogen-bond acceptors (Lipinski definition) is 2. The zero-order valence-electron chi connectivity index (χ0n) is 13.0. The highest BCUT2D eigenvalue weighted by atomic mass is 35.5. The first-order valence-electron chi connectivity index (χ1n) is 6.83. The largest absolute Gasteiger partial charge is 0.349 e. The van der Waals surface area contributed by atoms with Crippen LogP contribution in [0.3, 0.4) is 0 Å². The van der Waals surface area contributed by atoms with Crippen LogP contribution in [0.2, 0.25) is 0 Å². The van der Waals surface area contributed by atoms with Crippen molar-refractivity contribution in [1.82, 2.24) is 8.87 Å². The van der Waals surface area contributed by atoms with E-state index < -0.39 is 10.0 Å². The van der Waals surface area contributed by atoms with Crippen LogP contribution < -0.4 is 0 Å². The van der Waals surface area contributed by atoms with E-state index in [-0.39, 0.29) is 5.41 Å². The van der Waals surface area contributed by atoms with Crippen molar-refractivity contribution in [3.05, 3.63) is 18.0 Å². The molecule has 0 spiro atoms. The van der Waals surface area contributed by atoms with Gasteiger partial charge in [-0.05, 0) is 17.9 Å². The van der Waals surface area contributed by atoms with Crippen molar-refractivity contribution in [2.24, 2.45) is 5.41 Å². The summed E-state index contributed by atoms with van der Waals surface area (Å²) in [4.78, 5) is 0.327. The molecule has 0 unspecified atom stereocenters. The first-order chi connectivity index (χ1) is 9.11. The van der Waals surface area contributed by atoms with Gasteiger partial charge in [0, 0.05) is 32.0 Å². The van der Waals surface area contributed by atoms with E-state index in [4.69, 9.17) is 11.6 Å². The number of rotatable bonds is 6. The van der Waals surface area contributed by atoms with E-state index in [1.165, 1.54) is 4.31 Å². The van der Waals surface area contributed by atoms with E-state index in [2.05, 4.69) is 6.92 Å². The van der Waals surface area contributed by atoms with Gasteiger partial charge in [-0.1, -0.05) is 27.7 Å². The SMILES string of the molecule is CCCn1cc(S(=O)(=O)N(C)CC(C)(C)C)cc1CCl. The van der Waals surface area contributed by atoms with E-state index in [1.807, 2.05) is 25.3 Å². The first-order valence-corrected chi connectivity index (χ1v) is 8.80. The Morgan fingerprint density at radius 2 is 1.95 bits per heavy atom. The Bertz CT molecular complexity index is 544. The molecule has 4 nitrogen and oxygen atoms in total. The van der Waals surface area contributed by atoms with Gasteiger partial charge in [-0.15, -0.1) is 11.6 Å². The maximum Gasteiger partial charge on any atom is 0.244 e. The van der Waals surface area contributed by atoms with Crippen LogP contribution in [0.25, 0.3) is 0 Å². The Labute approximate surface area is 127 Å². The van der Waals surface area contributed by atoms with Crippen LogP contribution in [-0.4, -0.2) is 30.9 Å². The highest BCUT2D eigenvalue weighted by molar-refractivity contribution is 7.89. The molecule has 0 aromatic carbocycles. The molecule has 6 heteroatoms. The van der Waals surface area contributed by atoms with Gasteiger partial charge < -0.3 is 4.57 Å². The number of aromatic nitrogens is 1. The molecule has 0 amide bonds. The zero-order chi connectivity index (χ0) is 15.6. The molecule has 116 valence electrons. The Morgan fingerprint density at radius 3 is 2.40 bits per heavy atom. The molecular weight excluding hydrogens is 296 g/mol. The molecule has 0 N–H and O–H groups in total. The van der Waals surface area contributed by atoms with Gasteiger partial charge in [-0.2, -0.15) is 0 Å². The van der Waals surface area contributed by atoms with Crippen LogP contribution in [0, 0.1) is 5.41 Å². The van der Waals surface area contributed by atoms with Crippen LogP contribution >= 0.6 is 11.6 Å². The summed E-state index contributed by atoms with van der Waals surface area (Å²) in [6.07, 6.45) is 2.63. The predicted octanol–water partition coefficient (Wildman–Crippen LogP) is 3.30. The van der Waals surface area contributed by atoms with Crippen LogP contribution in [0.15, 0.2) is 17.2 Å². The van der Waals surface area contributed by atoms with Gasteiger partial charge in [0.2, 0.25) is 10.0 Å². The molecule has 0 aliphatic heterocycles. The molecule has 0 saturated carbocycles. The Hall–Kier alpha value is -0.520. The maximum atomic E-state index is 12.6. The number of hydrogen-bond donors (Lipinski definition) is 0. The summed E-state index contributed by atoms with van der Waals surface area (Å²) in [7, 11) is -1.83. The molecule has 0 fully saturated rings. The number of nitrogens with zero attached hydrogens (tertiary/aromatic N) is 2. The highest BCUT2D eigenvalue weighted by Gasteiger charge is 2.26. The van der Waals surface area contributed by atoms with Crippen molar-refractivity contribution in [2.75, 3.05) is 13.6 Å². The van der Waals surface area contributed by atoms with Gasteiger partial charge in [0.15, 0.2) is 0 Å². The Balaban J connectivity index is 3.09. The molecule has 0 radical (unpaired) electrons. The summed E-state index contributed by atoms with van der Waals surface area (Å²) >= 11 is 5.89. The summed E-state index contributed by atoms with van der Waals surface area (Å²) in [6, 6.07) is 1.68. The lowest BCUT2D eigenvalue weighted by atomic mass is 9.97. The quantitative estimate of drug-likeness (QED) is 0.755. The van der Waals surface area contributed by atoms with E-state index in [0.29, 0.717) is 17.3 Å². The number of sulfonamides is 1. The topological polar surface area (TPSA) is 42.3 Å². The lowest BCUT2D eigenvalue weighted by Crippen LogP contribution is -2.34. The Morgan fingerprint density at radius 1 is 1.35 bits per heavy atom. The fourth-order valence-corrected chi connectivity index (χ4v) is 3.85. The standard InChI is InChI=1S/C14H25ClN2O2S/c1-6-7-17-10-13(8-12(17)9-15)20(18,19)16(5)11-14(2,3)4/h8,10H,6-7,9,11H2,1-5H3. The normalized spacial score (nSPS) is 13.2. The molecule has 1 rings (SSSR count). The van der Waals surface area contributed by atoms with Gasteiger partial charge >= 0.3 is 0 Å². The lowest BCUT2D eigenvalue weighted by Gasteiger charge is -2.25. The maximum absolute atomic E-state index is 12.6. The molecule has 0 aliphatic rings. The van der Waals surface area contributed by atoms with E-state index in [1.54, 1.807) is 19.3 Å². The molecule has 1 aromatic heterocycles. The molecule has 20 heavy (non-hydrogen) atoms. The molecule has 0 aliphatic carbocycles. The van der Waals surface area contributed by atoms with Crippen LogP contribution in [0.4, 0.5) is 0 Å². The average molecular weight is 321 g/mol. The van der Waals surface area contributed by atoms with Crippen LogP contribution in [0.5, 0.6) is 0 Å². The molecule has 0 atom stereocenters. The van der Waals surface area contributed by atoms with Crippen molar-refractivity contribution in [3.63, 3.8) is 0 Å². The third-order valence-corrected chi connectivity index (χ3v) is 5.01. The van der Waals surface area contributed by atoms with Crippen molar-refractivity contribution < 1.29 is 8.42 Å². The highest BCUT2D eigenvalue weighted by Crippen LogP contribution is 2.23. The van der Waals surface area contributed by atoms with Crippen molar-refractivity contribution >= 4 is 21.6 Å². The molecule has 0 bridgehead atoms. The monoisotopic (exact) mass is 320 g/mol. The Kier molecular flexibility index (Phi) is 5.70. The summed E-state index contributed by atoms with van der Waals surface area (Å²) in [5, 5.41) is 0. The van der Waals surface area contributed by atoms with Crippen LogP contribution in [0.1, 0.15) is 39.8 Å². The molecule has 0 saturated heterocycles. The van der Waals surface area contributed by atoms with Crippen molar-refractivity contribution in [2.45, 2.75) is 51.4 Å². The average Bonchev–Trinajstić information content (AvgIpc) is 2.71.